The Kier molecular flexibility index (Phi) is 4.71. The van der Waals surface area contributed by atoms with Crippen LogP contribution in [0.5, 0.6) is 5.75 Å². The molecular formula is C16H21N3O. The van der Waals surface area contributed by atoms with E-state index in [9.17, 15) is 0 Å². The van der Waals surface area contributed by atoms with E-state index in [2.05, 4.69) is 48.5 Å². The number of nitrogens with two attached hydrogens (primary N) is 1. The van der Waals surface area contributed by atoms with Crippen molar-refractivity contribution in [3.8, 4) is 5.75 Å². The molecule has 1 unspecified atom stereocenters. The summed E-state index contributed by atoms with van der Waals surface area (Å²) in [5, 5.41) is 0. The molecule has 0 saturated heterocycles. The monoisotopic (exact) mass is 271 g/mol. The van der Waals surface area contributed by atoms with Crippen LogP contribution in [-0.4, -0.2) is 12.1 Å². The molecule has 0 radical (unpaired) electrons. The lowest BCUT2D eigenvalue weighted by Crippen LogP contribution is -2.29. The minimum Gasteiger partial charge on any atom is -0.495 e. The minimum atomic E-state index is -0.117. The summed E-state index contributed by atoms with van der Waals surface area (Å²) in [7, 11) is 1.63. The highest BCUT2D eigenvalue weighted by atomic mass is 16.5. The summed E-state index contributed by atoms with van der Waals surface area (Å²) in [6, 6.07) is 10.3. The molecule has 0 saturated carbocycles. The molecule has 0 aliphatic rings. The molecule has 1 heterocycles. The summed E-state index contributed by atoms with van der Waals surface area (Å²) in [6.45, 7) is 4.36. The lowest BCUT2D eigenvalue weighted by Gasteiger charge is -2.19. The number of benzene rings is 1. The molecule has 0 bridgehead atoms. The standard InChI is InChI=1S/C16H21N3O/c1-11(2)12-4-6-13(7-5-12)16(19-17)14-8-9-18-10-15(14)20-3/h4-11,16,19H,17H2,1-3H3. The van der Waals surface area contributed by atoms with Gasteiger partial charge in [0, 0.05) is 11.8 Å². The van der Waals surface area contributed by atoms with Gasteiger partial charge >= 0.3 is 0 Å². The van der Waals surface area contributed by atoms with Crippen LogP contribution in [0.1, 0.15) is 42.5 Å². The Morgan fingerprint density at radius 2 is 1.75 bits per heavy atom. The molecule has 3 N–H and O–H groups in total. The normalized spacial score (nSPS) is 12.4. The third-order valence-corrected chi connectivity index (χ3v) is 3.45. The molecule has 0 aliphatic heterocycles. The maximum Gasteiger partial charge on any atom is 0.142 e. The average molecular weight is 271 g/mol. The van der Waals surface area contributed by atoms with Crippen LogP contribution in [-0.2, 0) is 0 Å². The molecule has 0 aliphatic carbocycles. The molecule has 20 heavy (non-hydrogen) atoms. The van der Waals surface area contributed by atoms with Crippen LogP contribution in [0.2, 0.25) is 0 Å². The van der Waals surface area contributed by atoms with Crippen LogP contribution in [0.15, 0.2) is 42.7 Å². The Labute approximate surface area is 120 Å². The van der Waals surface area contributed by atoms with Gasteiger partial charge in [-0.2, -0.15) is 0 Å². The molecule has 1 atom stereocenters. The van der Waals surface area contributed by atoms with Crippen molar-refractivity contribution in [3.63, 3.8) is 0 Å². The molecule has 1 aromatic heterocycles. The van der Waals surface area contributed by atoms with Crippen LogP contribution in [0.25, 0.3) is 0 Å². The summed E-state index contributed by atoms with van der Waals surface area (Å²) in [5.41, 5.74) is 6.23. The number of methoxy groups -OCH3 is 1. The van der Waals surface area contributed by atoms with Crippen molar-refractivity contribution in [2.24, 2.45) is 5.84 Å². The minimum absolute atomic E-state index is 0.117. The van der Waals surface area contributed by atoms with E-state index in [1.54, 1.807) is 19.5 Å². The number of hydrazine groups is 1. The Morgan fingerprint density at radius 1 is 1.10 bits per heavy atom. The van der Waals surface area contributed by atoms with Gasteiger partial charge in [0.05, 0.1) is 19.3 Å². The predicted octanol–water partition coefficient (Wildman–Crippen LogP) is 2.77. The van der Waals surface area contributed by atoms with Gasteiger partial charge in [-0.25, -0.2) is 5.43 Å². The van der Waals surface area contributed by atoms with E-state index >= 15 is 0 Å². The van der Waals surface area contributed by atoms with Gasteiger partial charge in [0.15, 0.2) is 0 Å². The molecule has 106 valence electrons. The highest BCUT2D eigenvalue weighted by Crippen LogP contribution is 2.29. The van der Waals surface area contributed by atoms with Gasteiger partial charge in [-0.1, -0.05) is 38.1 Å². The topological polar surface area (TPSA) is 60.2 Å². The van der Waals surface area contributed by atoms with Gasteiger partial charge in [-0.15, -0.1) is 0 Å². The van der Waals surface area contributed by atoms with Gasteiger partial charge in [0.1, 0.15) is 5.75 Å². The Morgan fingerprint density at radius 3 is 2.30 bits per heavy atom. The average Bonchev–Trinajstić information content (AvgIpc) is 2.49. The van der Waals surface area contributed by atoms with E-state index < -0.39 is 0 Å². The number of nitrogens with zero attached hydrogens (tertiary/aromatic N) is 1. The number of hydrogen-bond acceptors (Lipinski definition) is 4. The van der Waals surface area contributed by atoms with Crippen molar-refractivity contribution in [2.45, 2.75) is 25.8 Å². The van der Waals surface area contributed by atoms with Gasteiger partial charge in [0.2, 0.25) is 0 Å². The van der Waals surface area contributed by atoms with Crippen molar-refractivity contribution in [3.05, 3.63) is 59.4 Å². The molecule has 2 rings (SSSR count). The molecule has 4 heteroatoms. The first kappa shape index (κ1) is 14.5. The second-order valence-corrected chi connectivity index (χ2v) is 5.04. The van der Waals surface area contributed by atoms with Gasteiger partial charge in [0.25, 0.3) is 0 Å². The number of hydrogen-bond donors (Lipinski definition) is 2. The quantitative estimate of drug-likeness (QED) is 0.648. The molecular weight excluding hydrogens is 250 g/mol. The second kappa shape index (κ2) is 6.50. The summed E-state index contributed by atoms with van der Waals surface area (Å²) >= 11 is 0. The van der Waals surface area contributed by atoms with Gasteiger partial charge < -0.3 is 4.74 Å². The molecule has 1 aromatic carbocycles. The Balaban J connectivity index is 2.36. The number of rotatable bonds is 5. The van der Waals surface area contributed by atoms with Crippen molar-refractivity contribution >= 4 is 0 Å². The summed E-state index contributed by atoms with van der Waals surface area (Å²) in [5.74, 6) is 6.98. The SMILES string of the molecule is COc1cnccc1C(NN)c1ccc(C(C)C)cc1. The maximum absolute atomic E-state index is 5.73. The number of nitrogens with one attached hydrogen (secondary N) is 1. The maximum atomic E-state index is 5.73. The third-order valence-electron chi connectivity index (χ3n) is 3.45. The predicted molar refractivity (Wildman–Crippen MR) is 80.5 cm³/mol. The highest BCUT2D eigenvalue weighted by molar-refractivity contribution is 5.40. The Hall–Kier alpha value is -1.91. The fourth-order valence-electron chi connectivity index (χ4n) is 2.24. The number of ether oxygens (including phenoxy) is 1. The van der Waals surface area contributed by atoms with Crippen LogP contribution < -0.4 is 16.0 Å². The summed E-state index contributed by atoms with van der Waals surface area (Å²) in [6.07, 6.45) is 3.44. The van der Waals surface area contributed by atoms with Crippen LogP contribution in [0.3, 0.4) is 0 Å². The van der Waals surface area contributed by atoms with E-state index in [4.69, 9.17) is 10.6 Å². The molecule has 0 amide bonds. The third kappa shape index (κ3) is 2.98. The van der Waals surface area contributed by atoms with E-state index in [1.807, 2.05) is 6.07 Å². The molecule has 0 spiro atoms. The lowest BCUT2D eigenvalue weighted by atomic mass is 9.96. The second-order valence-electron chi connectivity index (χ2n) is 5.04. The van der Waals surface area contributed by atoms with Crippen LogP contribution in [0, 0.1) is 0 Å². The van der Waals surface area contributed by atoms with Crippen molar-refractivity contribution in [1.29, 1.82) is 0 Å². The smallest absolute Gasteiger partial charge is 0.142 e. The fourth-order valence-corrected chi connectivity index (χ4v) is 2.24. The van der Waals surface area contributed by atoms with Crippen molar-refractivity contribution < 1.29 is 4.74 Å². The van der Waals surface area contributed by atoms with Crippen molar-refractivity contribution in [1.82, 2.24) is 10.4 Å². The lowest BCUT2D eigenvalue weighted by molar-refractivity contribution is 0.402. The number of aromatic nitrogens is 1. The largest absolute Gasteiger partial charge is 0.495 e. The van der Waals surface area contributed by atoms with E-state index in [0.29, 0.717) is 5.92 Å². The van der Waals surface area contributed by atoms with E-state index in [1.165, 1.54) is 5.56 Å². The molecule has 2 aromatic rings. The van der Waals surface area contributed by atoms with Gasteiger partial charge in [-0.3, -0.25) is 10.8 Å². The van der Waals surface area contributed by atoms with E-state index in [0.717, 1.165) is 16.9 Å². The van der Waals surface area contributed by atoms with Crippen LogP contribution >= 0.6 is 0 Å². The zero-order valence-electron chi connectivity index (χ0n) is 12.1. The Bertz CT molecular complexity index is 552. The zero-order chi connectivity index (χ0) is 14.5. The first-order valence-corrected chi connectivity index (χ1v) is 6.71. The van der Waals surface area contributed by atoms with Gasteiger partial charge in [-0.05, 0) is 23.1 Å². The van der Waals surface area contributed by atoms with E-state index in [-0.39, 0.29) is 6.04 Å². The highest BCUT2D eigenvalue weighted by Gasteiger charge is 2.17. The summed E-state index contributed by atoms with van der Waals surface area (Å²) < 4.78 is 5.35. The summed E-state index contributed by atoms with van der Waals surface area (Å²) in [4.78, 5) is 4.07. The number of pyridine rings is 1. The van der Waals surface area contributed by atoms with Crippen LogP contribution in [0.4, 0.5) is 0 Å². The molecule has 0 fully saturated rings. The zero-order valence-corrected chi connectivity index (χ0v) is 12.1. The molecule has 4 nitrogen and oxygen atoms in total. The van der Waals surface area contributed by atoms with Crippen molar-refractivity contribution in [2.75, 3.05) is 7.11 Å². The first-order chi connectivity index (χ1) is 9.67. The first-order valence-electron chi connectivity index (χ1n) is 6.71. The fraction of sp³-hybridized carbons (Fsp3) is 0.312.